The standard InChI is InChI=1S/C16H20N4O3/c1-2-20-8-7-18-16(20)15-13(5-9-22-15)19-14(21)11-23-12-4-3-6-17-10-12/h3-4,6-8,10,13,15H,2,5,9,11H2,1H3,(H,19,21)/t13-,15-/m0/s1. The fraction of sp³-hybridized carbons (Fsp3) is 0.438. The molecular weight excluding hydrogens is 296 g/mol. The van der Waals surface area contributed by atoms with Gasteiger partial charge in [0.15, 0.2) is 6.61 Å². The first-order valence-electron chi connectivity index (χ1n) is 7.72. The van der Waals surface area contributed by atoms with Gasteiger partial charge in [0.1, 0.15) is 17.7 Å². The Bertz CT molecular complexity index is 644. The van der Waals surface area contributed by atoms with Gasteiger partial charge in [0.25, 0.3) is 5.91 Å². The summed E-state index contributed by atoms with van der Waals surface area (Å²) in [7, 11) is 0. The van der Waals surface area contributed by atoms with Crippen LogP contribution in [0.25, 0.3) is 0 Å². The highest BCUT2D eigenvalue weighted by atomic mass is 16.5. The van der Waals surface area contributed by atoms with Gasteiger partial charge in [0, 0.05) is 31.7 Å². The average Bonchev–Trinajstić information content (AvgIpc) is 3.22. The van der Waals surface area contributed by atoms with Crippen LogP contribution in [-0.2, 0) is 16.1 Å². The number of nitrogens with one attached hydrogen (secondary N) is 1. The summed E-state index contributed by atoms with van der Waals surface area (Å²) in [5.74, 6) is 1.25. The first-order valence-corrected chi connectivity index (χ1v) is 7.72. The van der Waals surface area contributed by atoms with Crippen LogP contribution in [0, 0.1) is 0 Å². The number of amides is 1. The van der Waals surface area contributed by atoms with Crippen molar-refractivity contribution in [3.05, 3.63) is 42.7 Å². The minimum atomic E-state index is -0.215. The van der Waals surface area contributed by atoms with Crippen LogP contribution in [0.5, 0.6) is 5.75 Å². The van der Waals surface area contributed by atoms with Crippen molar-refractivity contribution in [1.29, 1.82) is 0 Å². The highest BCUT2D eigenvalue weighted by Crippen LogP contribution is 2.28. The largest absolute Gasteiger partial charge is 0.482 e. The molecule has 0 aliphatic carbocycles. The van der Waals surface area contributed by atoms with Crippen molar-refractivity contribution in [2.45, 2.75) is 32.0 Å². The van der Waals surface area contributed by atoms with E-state index in [0.29, 0.717) is 12.4 Å². The Morgan fingerprint density at radius 1 is 1.52 bits per heavy atom. The minimum absolute atomic E-state index is 0.0445. The summed E-state index contributed by atoms with van der Waals surface area (Å²) in [6, 6.07) is 3.44. The summed E-state index contributed by atoms with van der Waals surface area (Å²) in [5.41, 5.74) is 0. The maximum absolute atomic E-state index is 12.1. The summed E-state index contributed by atoms with van der Waals surface area (Å²) < 4.78 is 13.2. The normalized spacial score (nSPS) is 20.4. The molecule has 3 heterocycles. The molecule has 3 rings (SSSR count). The van der Waals surface area contributed by atoms with Crippen molar-refractivity contribution < 1.29 is 14.3 Å². The fourth-order valence-corrected chi connectivity index (χ4v) is 2.67. The fourth-order valence-electron chi connectivity index (χ4n) is 2.67. The van der Waals surface area contributed by atoms with Crippen LogP contribution in [0.15, 0.2) is 36.9 Å². The molecule has 122 valence electrons. The molecule has 1 amide bonds. The zero-order chi connectivity index (χ0) is 16.1. The van der Waals surface area contributed by atoms with Gasteiger partial charge in [0.05, 0.1) is 12.2 Å². The molecule has 0 spiro atoms. The highest BCUT2D eigenvalue weighted by molar-refractivity contribution is 5.78. The van der Waals surface area contributed by atoms with Gasteiger partial charge in [-0.2, -0.15) is 0 Å². The molecule has 1 aliphatic rings. The van der Waals surface area contributed by atoms with Gasteiger partial charge in [-0.3, -0.25) is 9.78 Å². The molecule has 2 aromatic heterocycles. The molecule has 2 atom stereocenters. The maximum Gasteiger partial charge on any atom is 0.258 e. The SMILES string of the molecule is CCn1ccnc1[C@H]1OCC[C@@H]1NC(=O)COc1cccnc1. The summed E-state index contributed by atoms with van der Waals surface area (Å²) >= 11 is 0. The number of aryl methyl sites for hydroxylation is 1. The van der Waals surface area contributed by atoms with E-state index in [1.807, 2.05) is 10.8 Å². The molecule has 1 fully saturated rings. The Morgan fingerprint density at radius 3 is 3.22 bits per heavy atom. The summed E-state index contributed by atoms with van der Waals surface area (Å²) in [6.07, 6.45) is 7.45. The van der Waals surface area contributed by atoms with Crippen LogP contribution in [0.1, 0.15) is 25.3 Å². The molecule has 0 aromatic carbocycles. The van der Waals surface area contributed by atoms with Crippen LogP contribution < -0.4 is 10.1 Å². The van der Waals surface area contributed by atoms with Crippen LogP contribution in [0.4, 0.5) is 0 Å². The predicted molar refractivity (Wildman–Crippen MR) is 82.9 cm³/mol. The van der Waals surface area contributed by atoms with Crippen molar-refractivity contribution in [2.24, 2.45) is 0 Å². The molecule has 23 heavy (non-hydrogen) atoms. The number of imidazole rings is 1. The Hall–Kier alpha value is -2.41. The molecule has 2 aromatic rings. The average molecular weight is 316 g/mol. The number of carbonyl (C=O) groups is 1. The molecule has 0 bridgehead atoms. The van der Waals surface area contributed by atoms with Gasteiger partial charge in [-0.1, -0.05) is 0 Å². The first-order chi connectivity index (χ1) is 11.3. The van der Waals surface area contributed by atoms with Crippen LogP contribution in [-0.4, -0.2) is 39.7 Å². The minimum Gasteiger partial charge on any atom is -0.482 e. The quantitative estimate of drug-likeness (QED) is 0.869. The Labute approximate surface area is 134 Å². The molecule has 1 aliphatic heterocycles. The van der Waals surface area contributed by atoms with E-state index in [4.69, 9.17) is 9.47 Å². The molecule has 1 N–H and O–H groups in total. The lowest BCUT2D eigenvalue weighted by Crippen LogP contribution is -2.40. The molecule has 1 saturated heterocycles. The zero-order valence-electron chi connectivity index (χ0n) is 13.0. The van der Waals surface area contributed by atoms with E-state index < -0.39 is 0 Å². The lowest BCUT2D eigenvalue weighted by Gasteiger charge is -2.20. The van der Waals surface area contributed by atoms with Gasteiger partial charge >= 0.3 is 0 Å². The topological polar surface area (TPSA) is 78.3 Å². The second-order valence-corrected chi connectivity index (χ2v) is 5.30. The van der Waals surface area contributed by atoms with Crippen molar-refractivity contribution in [2.75, 3.05) is 13.2 Å². The highest BCUT2D eigenvalue weighted by Gasteiger charge is 2.33. The number of hydrogen-bond acceptors (Lipinski definition) is 5. The monoisotopic (exact) mass is 316 g/mol. The van der Waals surface area contributed by atoms with Gasteiger partial charge in [-0.15, -0.1) is 0 Å². The third-order valence-electron chi connectivity index (χ3n) is 3.79. The van der Waals surface area contributed by atoms with E-state index in [0.717, 1.165) is 18.8 Å². The summed E-state index contributed by atoms with van der Waals surface area (Å²) in [5, 5.41) is 2.98. The number of aromatic nitrogens is 3. The van der Waals surface area contributed by atoms with Gasteiger partial charge in [0.2, 0.25) is 0 Å². The Kier molecular flexibility index (Phi) is 4.87. The van der Waals surface area contributed by atoms with Crippen molar-refractivity contribution in [3.63, 3.8) is 0 Å². The lowest BCUT2D eigenvalue weighted by molar-refractivity contribution is -0.124. The zero-order valence-corrected chi connectivity index (χ0v) is 13.0. The van der Waals surface area contributed by atoms with Crippen LogP contribution >= 0.6 is 0 Å². The third kappa shape index (κ3) is 3.68. The molecular formula is C16H20N4O3. The van der Waals surface area contributed by atoms with Crippen molar-refractivity contribution in [3.8, 4) is 5.75 Å². The molecule has 0 unspecified atom stereocenters. The molecule has 0 saturated carbocycles. The molecule has 7 heteroatoms. The van der Waals surface area contributed by atoms with Gasteiger partial charge in [-0.25, -0.2) is 4.98 Å². The van der Waals surface area contributed by atoms with E-state index >= 15 is 0 Å². The van der Waals surface area contributed by atoms with Crippen molar-refractivity contribution >= 4 is 5.91 Å². The predicted octanol–water partition coefficient (Wildman–Crippen LogP) is 1.32. The number of nitrogens with zero attached hydrogens (tertiary/aromatic N) is 3. The molecule has 0 radical (unpaired) electrons. The Balaban J connectivity index is 1.57. The first kappa shape index (κ1) is 15.5. The molecule has 7 nitrogen and oxygen atoms in total. The third-order valence-corrected chi connectivity index (χ3v) is 3.79. The van der Waals surface area contributed by atoms with Gasteiger partial charge in [-0.05, 0) is 25.5 Å². The number of rotatable bonds is 6. The van der Waals surface area contributed by atoms with Crippen molar-refractivity contribution in [1.82, 2.24) is 19.9 Å². The second kappa shape index (κ2) is 7.23. The smallest absolute Gasteiger partial charge is 0.258 e. The summed E-state index contributed by atoms with van der Waals surface area (Å²) in [6.45, 7) is 3.43. The number of carbonyl (C=O) groups excluding carboxylic acids is 1. The van der Waals surface area contributed by atoms with Crippen LogP contribution in [0.3, 0.4) is 0 Å². The van der Waals surface area contributed by atoms with Gasteiger partial charge < -0.3 is 19.4 Å². The Morgan fingerprint density at radius 2 is 2.43 bits per heavy atom. The number of hydrogen-bond donors (Lipinski definition) is 1. The van der Waals surface area contributed by atoms with E-state index in [9.17, 15) is 4.79 Å². The number of pyridine rings is 1. The van der Waals surface area contributed by atoms with E-state index in [2.05, 4.69) is 22.2 Å². The van der Waals surface area contributed by atoms with E-state index in [1.165, 1.54) is 0 Å². The summed E-state index contributed by atoms with van der Waals surface area (Å²) in [4.78, 5) is 20.4. The lowest BCUT2D eigenvalue weighted by atomic mass is 10.1. The van der Waals surface area contributed by atoms with E-state index in [1.54, 1.807) is 30.7 Å². The number of ether oxygens (including phenoxy) is 2. The maximum atomic E-state index is 12.1. The van der Waals surface area contributed by atoms with Crippen LogP contribution in [0.2, 0.25) is 0 Å². The van der Waals surface area contributed by atoms with E-state index in [-0.39, 0.29) is 24.7 Å². The second-order valence-electron chi connectivity index (χ2n) is 5.30.